The van der Waals surface area contributed by atoms with Crippen molar-refractivity contribution in [1.29, 1.82) is 0 Å². The van der Waals surface area contributed by atoms with E-state index in [1.165, 1.54) is 0 Å². The number of carboxylic acids is 1. The highest BCUT2D eigenvalue weighted by Gasteiger charge is 2.43. The Bertz CT molecular complexity index is 251. The molecule has 4 nitrogen and oxygen atoms in total. The van der Waals surface area contributed by atoms with Crippen LogP contribution in [0, 0.1) is 10.8 Å². The predicted octanol–water partition coefficient (Wildman–Crippen LogP) is 1.46. The number of carboxylic acid groups (broad SMARTS) is 1. The Labute approximate surface area is 97.6 Å². The summed E-state index contributed by atoms with van der Waals surface area (Å²) in [4.78, 5) is 13.4. The molecule has 0 aromatic heterocycles. The summed E-state index contributed by atoms with van der Waals surface area (Å²) in [7, 11) is 1.98. The molecule has 0 saturated carbocycles. The fourth-order valence-electron chi connectivity index (χ4n) is 2.35. The number of hydrogen-bond donors (Lipinski definition) is 1. The summed E-state index contributed by atoms with van der Waals surface area (Å²) < 4.78 is 5.25. The van der Waals surface area contributed by atoms with Crippen molar-refractivity contribution in [3.05, 3.63) is 0 Å². The summed E-state index contributed by atoms with van der Waals surface area (Å²) in [6, 6.07) is 0. The largest absolute Gasteiger partial charge is 0.481 e. The van der Waals surface area contributed by atoms with Gasteiger partial charge in [0, 0.05) is 19.7 Å². The molecule has 1 aliphatic rings. The molecule has 16 heavy (non-hydrogen) atoms. The monoisotopic (exact) mass is 229 g/mol. The lowest BCUT2D eigenvalue weighted by molar-refractivity contribution is -0.150. The van der Waals surface area contributed by atoms with Crippen LogP contribution in [0.4, 0.5) is 0 Å². The molecule has 0 aromatic carbocycles. The number of rotatable bonds is 4. The standard InChI is InChI=1S/C12H23NO3/c1-11(2,3)7-13(4)8-12(10(14)15)5-6-16-9-12/h5-9H2,1-4H3,(H,14,15). The van der Waals surface area contributed by atoms with Gasteiger partial charge in [0.05, 0.1) is 6.61 Å². The van der Waals surface area contributed by atoms with E-state index in [4.69, 9.17) is 4.74 Å². The van der Waals surface area contributed by atoms with Gasteiger partial charge in [0.2, 0.25) is 0 Å². The van der Waals surface area contributed by atoms with Gasteiger partial charge in [-0.2, -0.15) is 0 Å². The third-order valence-electron chi connectivity index (χ3n) is 2.87. The maximum Gasteiger partial charge on any atom is 0.313 e. The zero-order valence-corrected chi connectivity index (χ0v) is 10.7. The summed E-state index contributed by atoms with van der Waals surface area (Å²) in [5, 5.41) is 9.30. The van der Waals surface area contributed by atoms with Crippen molar-refractivity contribution < 1.29 is 14.6 Å². The van der Waals surface area contributed by atoms with Crippen molar-refractivity contribution in [2.24, 2.45) is 10.8 Å². The van der Waals surface area contributed by atoms with Crippen LogP contribution in [-0.2, 0) is 9.53 Å². The summed E-state index contributed by atoms with van der Waals surface area (Å²) in [6.45, 7) is 8.83. The first-order valence-corrected chi connectivity index (χ1v) is 5.75. The van der Waals surface area contributed by atoms with E-state index in [2.05, 4.69) is 25.7 Å². The van der Waals surface area contributed by atoms with Crippen LogP contribution < -0.4 is 0 Å². The molecule has 1 N–H and O–H groups in total. The zero-order chi connectivity index (χ0) is 12.4. The molecular formula is C12H23NO3. The molecule has 4 heteroatoms. The molecule has 1 rings (SSSR count). The van der Waals surface area contributed by atoms with Crippen molar-refractivity contribution in [1.82, 2.24) is 4.90 Å². The van der Waals surface area contributed by atoms with Gasteiger partial charge in [-0.15, -0.1) is 0 Å². The molecule has 1 heterocycles. The van der Waals surface area contributed by atoms with E-state index in [0.717, 1.165) is 6.54 Å². The Hall–Kier alpha value is -0.610. The minimum Gasteiger partial charge on any atom is -0.481 e. The normalized spacial score (nSPS) is 26.3. The highest BCUT2D eigenvalue weighted by atomic mass is 16.5. The number of hydrogen-bond acceptors (Lipinski definition) is 3. The summed E-state index contributed by atoms with van der Waals surface area (Å²) in [6.07, 6.45) is 0.622. The van der Waals surface area contributed by atoms with E-state index in [1.807, 2.05) is 7.05 Å². The smallest absolute Gasteiger partial charge is 0.313 e. The van der Waals surface area contributed by atoms with Gasteiger partial charge in [0.15, 0.2) is 0 Å². The lowest BCUT2D eigenvalue weighted by Crippen LogP contribution is -2.44. The second-order valence-electron chi connectivity index (χ2n) is 6.12. The third-order valence-corrected chi connectivity index (χ3v) is 2.87. The molecule has 1 unspecified atom stereocenters. The molecule has 0 spiro atoms. The lowest BCUT2D eigenvalue weighted by Gasteiger charge is -2.32. The first-order chi connectivity index (χ1) is 7.25. The van der Waals surface area contributed by atoms with E-state index in [-0.39, 0.29) is 5.41 Å². The molecular weight excluding hydrogens is 206 g/mol. The minimum atomic E-state index is -0.731. The Morgan fingerprint density at radius 1 is 1.50 bits per heavy atom. The fourth-order valence-corrected chi connectivity index (χ4v) is 2.35. The molecule has 0 aliphatic carbocycles. The minimum absolute atomic E-state index is 0.188. The van der Waals surface area contributed by atoms with Crippen LogP contribution in [0.2, 0.25) is 0 Å². The van der Waals surface area contributed by atoms with Gasteiger partial charge >= 0.3 is 5.97 Å². The van der Waals surface area contributed by atoms with Gasteiger partial charge in [-0.3, -0.25) is 4.79 Å². The predicted molar refractivity (Wildman–Crippen MR) is 62.5 cm³/mol. The summed E-state index contributed by atoms with van der Waals surface area (Å²) >= 11 is 0. The quantitative estimate of drug-likeness (QED) is 0.793. The first kappa shape index (κ1) is 13.5. The van der Waals surface area contributed by atoms with Crippen LogP contribution in [0.15, 0.2) is 0 Å². The average molecular weight is 229 g/mol. The Balaban J connectivity index is 2.59. The Morgan fingerprint density at radius 3 is 2.50 bits per heavy atom. The van der Waals surface area contributed by atoms with Gasteiger partial charge in [0.25, 0.3) is 0 Å². The van der Waals surface area contributed by atoms with Crippen LogP contribution in [0.3, 0.4) is 0 Å². The second kappa shape index (κ2) is 4.72. The average Bonchev–Trinajstić information content (AvgIpc) is 2.49. The number of aliphatic carboxylic acids is 1. The molecule has 0 amide bonds. The highest BCUT2D eigenvalue weighted by molar-refractivity contribution is 5.75. The maximum absolute atomic E-state index is 11.3. The molecule has 94 valence electrons. The van der Waals surface area contributed by atoms with Crippen molar-refractivity contribution in [3.8, 4) is 0 Å². The number of nitrogens with zero attached hydrogens (tertiary/aromatic N) is 1. The molecule has 0 bridgehead atoms. The van der Waals surface area contributed by atoms with Crippen LogP contribution >= 0.6 is 0 Å². The zero-order valence-electron chi connectivity index (χ0n) is 10.7. The Kier molecular flexibility index (Phi) is 3.97. The van der Waals surface area contributed by atoms with E-state index in [0.29, 0.717) is 26.2 Å². The van der Waals surface area contributed by atoms with E-state index >= 15 is 0 Å². The van der Waals surface area contributed by atoms with Gasteiger partial charge in [-0.25, -0.2) is 0 Å². The number of carbonyl (C=O) groups is 1. The SMILES string of the molecule is CN(CC(C)(C)C)CC1(C(=O)O)CCOC1. The van der Waals surface area contributed by atoms with Crippen LogP contribution in [0.1, 0.15) is 27.2 Å². The second-order valence-corrected chi connectivity index (χ2v) is 6.12. The Morgan fingerprint density at radius 2 is 2.12 bits per heavy atom. The molecule has 0 radical (unpaired) electrons. The summed E-state index contributed by atoms with van der Waals surface area (Å²) in [5.74, 6) is -0.731. The van der Waals surface area contributed by atoms with E-state index in [1.54, 1.807) is 0 Å². The van der Waals surface area contributed by atoms with Crippen molar-refractivity contribution in [3.63, 3.8) is 0 Å². The first-order valence-electron chi connectivity index (χ1n) is 5.75. The van der Waals surface area contributed by atoms with Gasteiger partial charge < -0.3 is 14.7 Å². The van der Waals surface area contributed by atoms with E-state index in [9.17, 15) is 9.90 Å². The molecule has 1 saturated heterocycles. The van der Waals surface area contributed by atoms with Crippen LogP contribution in [0.25, 0.3) is 0 Å². The molecule has 1 aliphatic heterocycles. The van der Waals surface area contributed by atoms with Crippen molar-refractivity contribution in [2.75, 3.05) is 33.4 Å². The lowest BCUT2D eigenvalue weighted by atomic mass is 9.86. The molecule has 1 atom stereocenters. The fraction of sp³-hybridized carbons (Fsp3) is 0.917. The van der Waals surface area contributed by atoms with Crippen LogP contribution in [0.5, 0.6) is 0 Å². The molecule has 0 aromatic rings. The van der Waals surface area contributed by atoms with Gasteiger partial charge in [0.1, 0.15) is 5.41 Å². The topological polar surface area (TPSA) is 49.8 Å². The third kappa shape index (κ3) is 3.46. The van der Waals surface area contributed by atoms with Gasteiger partial charge in [-0.05, 0) is 18.9 Å². The van der Waals surface area contributed by atoms with Gasteiger partial charge in [-0.1, -0.05) is 20.8 Å². The summed E-state index contributed by atoms with van der Waals surface area (Å²) in [5.41, 5.74) is -0.506. The van der Waals surface area contributed by atoms with E-state index < -0.39 is 11.4 Å². The van der Waals surface area contributed by atoms with Crippen LogP contribution in [-0.4, -0.2) is 49.3 Å². The van der Waals surface area contributed by atoms with Crippen molar-refractivity contribution in [2.45, 2.75) is 27.2 Å². The number of ether oxygens (including phenoxy) is 1. The maximum atomic E-state index is 11.3. The van der Waals surface area contributed by atoms with Crippen molar-refractivity contribution >= 4 is 5.97 Å². The molecule has 1 fully saturated rings. The highest BCUT2D eigenvalue weighted by Crippen LogP contribution is 2.30.